The highest BCUT2D eigenvalue weighted by molar-refractivity contribution is 5.95. The molecule has 0 saturated carbocycles. The Kier molecular flexibility index (Phi) is 4.45. The van der Waals surface area contributed by atoms with Gasteiger partial charge in [0.25, 0.3) is 5.91 Å². The van der Waals surface area contributed by atoms with Crippen LogP contribution < -0.4 is 5.32 Å². The summed E-state index contributed by atoms with van der Waals surface area (Å²) in [5.74, 6) is 0.413. The molecular formula is C14H19N5O. The van der Waals surface area contributed by atoms with Gasteiger partial charge in [-0.15, -0.1) is 10.2 Å². The molecule has 20 heavy (non-hydrogen) atoms. The Labute approximate surface area is 118 Å². The van der Waals surface area contributed by atoms with Gasteiger partial charge in [0.15, 0.2) is 5.82 Å². The van der Waals surface area contributed by atoms with E-state index < -0.39 is 0 Å². The van der Waals surface area contributed by atoms with Crippen LogP contribution in [0.4, 0.5) is 0 Å². The van der Waals surface area contributed by atoms with E-state index in [2.05, 4.69) is 32.9 Å². The minimum Gasteiger partial charge on any atom is -0.342 e. The number of carbonyl (C=O) groups excluding carboxylic acids is 1. The fraction of sp³-hybridized carbons (Fsp3) is 0.429. The topological polar surface area (TPSA) is 83.6 Å². The summed E-state index contributed by atoms with van der Waals surface area (Å²) in [6.45, 7) is 6.00. The van der Waals surface area contributed by atoms with Crippen molar-refractivity contribution < 1.29 is 4.79 Å². The minimum absolute atomic E-state index is 0.106. The third-order valence-electron chi connectivity index (χ3n) is 3.18. The number of hydrogen-bond acceptors (Lipinski definition) is 4. The lowest BCUT2D eigenvalue weighted by Crippen LogP contribution is -2.29. The second kappa shape index (κ2) is 6.27. The van der Waals surface area contributed by atoms with E-state index in [-0.39, 0.29) is 11.9 Å². The predicted molar refractivity (Wildman–Crippen MR) is 75.2 cm³/mol. The smallest absolute Gasteiger partial charge is 0.252 e. The number of rotatable bonds is 5. The largest absolute Gasteiger partial charge is 0.342 e. The molecule has 0 saturated heterocycles. The normalized spacial score (nSPS) is 12.2. The molecule has 0 aliphatic carbocycles. The summed E-state index contributed by atoms with van der Waals surface area (Å²) >= 11 is 0. The van der Waals surface area contributed by atoms with Crippen LogP contribution in [0.3, 0.4) is 0 Å². The van der Waals surface area contributed by atoms with Crippen molar-refractivity contribution in [2.75, 3.05) is 0 Å². The maximum absolute atomic E-state index is 12.4. The molecule has 6 nitrogen and oxygen atoms in total. The average Bonchev–Trinajstić information content (AvgIpc) is 2.91. The van der Waals surface area contributed by atoms with Crippen molar-refractivity contribution in [3.05, 3.63) is 40.7 Å². The zero-order valence-electron chi connectivity index (χ0n) is 12.0. The number of aromatic nitrogens is 4. The quantitative estimate of drug-likeness (QED) is 0.873. The summed E-state index contributed by atoms with van der Waals surface area (Å²) < 4.78 is 0. The minimum atomic E-state index is -0.216. The summed E-state index contributed by atoms with van der Waals surface area (Å²) in [4.78, 5) is 12.4. The fourth-order valence-corrected chi connectivity index (χ4v) is 2.18. The Bertz CT molecular complexity index is 579. The highest BCUT2D eigenvalue weighted by Gasteiger charge is 2.19. The first-order chi connectivity index (χ1) is 9.61. The Morgan fingerprint density at radius 2 is 2.20 bits per heavy atom. The van der Waals surface area contributed by atoms with E-state index in [1.165, 1.54) is 0 Å². The third kappa shape index (κ3) is 3.20. The van der Waals surface area contributed by atoms with Crippen LogP contribution in [-0.2, 0) is 0 Å². The molecule has 2 aromatic rings. The molecule has 0 bridgehead atoms. The van der Waals surface area contributed by atoms with Gasteiger partial charge in [0, 0.05) is 5.56 Å². The fourth-order valence-electron chi connectivity index (χ4n) is 2.18. The van der Waals surface area contributed by atoms with E-state index in [4.69, 9.17) is 0 Å². The Morgan fingerprint density at radius 3 is 2.80 bits per heavy atom. The molecule has 0 spiro atoms. The first-order valence-corrected chi connectivity index (χ1v) is 6.73. The Balaban J connectivity index is 2.16. The van der Waals surface area contributed by atoms with Gasteiger partial charge in [-0.05, 0) is 31.9 Å². The number of nitrogens with one attached hydrogen (secondary N) is 2. The Hall–Kier alpha value is -2.24. The van der Waals surface area contributed by atoms with Gasteiger partial charge in [0.2, 0.25) is 0 Å². The number of aromatic amines is 1. The standard InChI is InChI=1S/C14H19N5O/c1-4-5-12(13-16-18-19-17-13)15-14(20)11-7-6-9(2)8-10(11)3/h6-8,12H,4-5H2,1-3H3,(H,15,20)(H,16,17,18,19)/t12-/m1/s1. The summed E-state index contributed by atoms with van der Waals surface area (Å²) in [7, 11) is 0. The highest BCUT2D eigenvalue weighted by atomic mass is 16.1. The zero-order chi connectivity index (χ0) is 14.5. The number of amides is 1. The molecule has 0 radical (unpaired) electrons. The molecule has 1 amide bonds. The lowest BCUT2D eigenvalue weighted by Gasteiger charge is -2.15. The van der Waals surface area contributed by atoms with Gasteiger partial charge in [-0.3, -0.25) is 4.79 Å². The van der Waals surface area contributed by atoms with Gasteiger partial charge in [0.05, 0.1) is 6.04 Å². The summed E-state index contributed by atoms with van der Waals surface area (Å²) in [6.07, 6.45) is 1.70. The van der Waals surface area contributed by atoms with Crippen LogP contribution in [0.1, 0.15) is 53.1 Å². The van der Waals surface area contributed by atoms with E-state index in [9.17, 15) is 4.79 Å². The van der Waals surface area contributed by atoms with Crippen molar-refractivity contribution in [3.8, 4) is 0 Å². The van der Waals surface area contributed by atoms with Gasteiger partial charge in [0.1, 0.15) is 0 Å². The predicted octanol–water partition coefficient (Wildman–Crippen LogP) is 2.09. The number of H-pyrrole nitrogens is 1. The molecule has 1 aromatic heterocycles. The molecule has 6 heteroatoms. The van der Waals surface area contributed by atoms with Crippen molar-refractivity contribution in [2.24, 2.45) is 0 Å². The van der Waals surface area contributed by atoms with Crippen LogP contribution in [0.15, 0.2) is 18.2 Å². The molecule has 106 valence electrons. The van der Waals surface area contributed by atoms with Crippen LogP contribution in [0.5, 0.6) is 0 Å². The van der Waals surface area contributed by atoms with Gasteiger partial charge in [-0.2, -0.15) is 5.21 Å². The maximum Gasteiger partial charge on any atom is 0.252 e. The van der Waals surface area contributed by atoms with E-state index in [0.29, 0.717) is 11.4 Å². The van der Waals surface area contributed by atoms with Crippen molar-refractivity contribution in [2.45, 2.75) is 39.7 Å². The number of benzene rings is 1. The monoisotopic (exact) mass is 273 g/mol. The number of carbonyl (C=O) groups is 1. The van der Waals surface area contributed by atoms with Crippen LogP contribution >= 0.6 is 0 Å². The molecule has 1 atom stereocenters. The lowest BCUT2D eigenvalue weighted by atomic mass is 10.0. The van der Waals surface area contributed by atoms with E-state index >= 15 is 0 Å². The van der Waals surface area contributed by atoms with Gasteiger partial charge in [-0.25, -0.2) is 0 Å². The van der Waals surface area contributed by atoms with Gasteiger partial charge in [-0.1, -0.05) is 36.3 Å². The molecule has 0 aliphatic rings. The van der Waals surface area contributed by atoms with Crippen molar-refractivity contribution in [1.29, 1.82) is 0 Å². The molecule has 2 N–H and O–H groups in total. The summed E-state index contributed by atoms with van der Waals surface area (Å²) in [6, 6.07) is 5.56. The second-order valence-corrected chi connectivity index (χ2v) is 4.90. The molecule has 0 unspecified atom stereocenters. The summed E-state index contributed by atoms with van der Waals surface area (Å²) in [5.41, 5.74) is 2.79. The lowest BCUT2D eigenvalue weighted by molar-refractivity contribution is 0.0932. The van der Waals surface area contributed by atoms with Crippen molar-refractivity contribution in [1.82, 2.24) is 25.9 Å². The molecular weight excluding hydrogens is 254 g/mol. The van der Waals surface area contributed by atoms with Crippen molar-refractivity contribution >= 4 is 5.91 Å². The number of tetrazole rings is 1. The number of aryl methyl sites for hydroxylation is 2. The van der Waals surface area contributed by atoms with Gasteiger partial charge < -0.3 is 5.32 Å². The van der Waals surface area contributed by atoms with Crippen LogP contribution in [0.25, 0.3) is 0 Å². The van der Waals surface area contributed by atoms with Crippen LogP contribution in [0, 0.1) is 13.8 Å². The number of nitrogens with zero attached hydrogens (tertiary/aromatic N) is 3. The maximum atomic E-state index is 12.4. The van der Waals surface area contributed by atoms with E-state index in [0.717, 1.165) is 24.0 Å². The van der Waals surface area contributed by atoms with E-state index in [1.807, 2.05) is 32.0 Å². The summed E-state index contributed by atoms with van der Waals surface area (Å²) in [5, 5.41) is 16.9. The first-order valence-electron chi connectivity index (χ1n) is 6.73. The van der Waals surface area contributed by atoms with Crippen molar-refractivity contribution in [3.63, 3.8) is 0 Å². The second-order valence-electron chi connectivity index (χ2n) is 4.90. The molecule has 0 fully saturated rings. The molecule has 2 rings (SSSR count). The first kappa shape index (κ1) is 14.2. The molecule has 0 aliphatic heterocycles. The SMILES string of the molecule is CCC[C@@H](NC(=O)c1ccc(C)cc1C)c1nn[nH]n1. The third-order valence-corrected chi connectivity index (χ3v) is 3.18. The van der Waals surface area contributed by atoms with Gasteiger partial charge >= 0.3 is 0 Å². The van der Waals surface area contributed by atoms with Crippen LogP contribution in [0.2, 0.25) is 0 Å². The Morgan fingerprint density at radius 1 is 1.40 bits per heavy atom. The zero-order valence-corrected chi connectivity index (χ0v) is 12.0. The molecule has 1 aromatic carbocycles. The highest BCUT2D eigenvalue weighted by Crippen LogP contribution is 2.16. The number of hydrogen-bond donors (Lipinski definition) is 2. The van der Waals surface area contributed by atoms with Crippen LogP contribution in [-0.4, -0.2) is 26.5 Å². The van der Waals surface area contributed by atoms with E-state index in [1.54, 1.807) is 0 Å². The molecule has 1 heterocycles. The average molecular weight is 273 g/mol.